The first-order valence-electron chi connectivity index (χ1n) is 4.08. The van der Waals surface area contributed by atoms with E-state index in [-0.39, 0.29) is 0 Å². The lowest BCUT2D eigenvalue weighted by atomic mass is 10.0. The van der Waals surface area contributed by atoms with E-state index < -0.39 is 0 Å². The zero-order chi connectivity index (χ0) is 7.56. The van der Waals surface area contributed by atoms with Crippen molar-refractivity contribution in [3.8, 4) is 0 Å². The molecule has 1 saturated carbocycles. The summed E-state index contributed by atoms with van der Waals surface area (Å²) in [5.74, 6) is 1.72. The van der Waals surface area contributed by atoms with Crippen LogP contribution in [-0.2, 0) is 0 Å². The van der Waals surface area contributed by atoms with Gasteiger partial charge in [-0.2, -0.15) is 0 Å². The molecule has 0 aromatic rings. The minimum Gasteiger partial charge on any atom is -0.785 e. The van der Waals surface area contributed by atoms with Gasteiger partial charge in [-0.15, -0.1) is 0 Å². The summed E-state index contributed by atoms with van der Waals surface area (Å²) in [6.45, 7) is 2.96. The monoisotopic (exact) mass is 142 g/mol. The van der Waals surface area contributed by atoms with Crippen molar-refractivity contribution >= 4 is 0 Å². The molecule has 0 radical (unpaired) electrons. The van der Waals surface area contributed by atoms with Gasteiger partial charge >= 0.3 is 0 Å². The zero-order valence-corrected chi connectivity index (χ0v) is 6.84. The lowest BCUT2D eigenvalue weighted by Gasteiger charge is -2.23. The summed E-state index contributed by atoms with van der Waals surface area (Å²) in [5, 5.41) is 11.5. The molecule has 60 valence electrons. The summed E-state index contributed by atoms with van der Waals surface area (Å²) in [7, 11) is 1.60. The Morgan fingerprint density at radius 1 is 1.60 bits per heavy atom. The van der Waals surface area contributed by atoms with Crippen molar-refractivity contribution in [1.29, 1.82) is 0 Å². The highest BCUT2D eigenvalue weighted by Crippen LogP contribution is 2.37. The average molecular weight is 142 g/mol. The van der Waals surface area contributed by atoms with Gasteiger partial charge in [0.25, 0.3) is 0 Å². The molecule has 0 aliphatic heterocycles. The van der Waals surface area contributed by atoms with Gasteiger partial charge < -0.3 is 10.3 Å². The van der Waals surface area contributed by atoms with Crippen molar-refractivity contribution < 1.29 is 0 Å². The third kappa shape index (κ3) is 2.67. The van der Waals surface area contributed by atoms with Gasteiger partial charge in [-0.1, -0.05) is 6.92 Å². The van der Waals surface area contributed by atoms with E-state index >= 15 is 0 Å². The van der Waals surface area contributed by atoms with Crippen molar-refractivity contribution in [3.05, 3.63) is 5.21 Å². The van der Waals surface area contributed by atoms with E-state index in [4.69, 9.17) is 0 Å². The molecule has 0 aromatic heterocycles. The first-order chi connectivity index (χ1) is 4.70. The minimum atomic E-state index is 0.706. The van der Waals surface area contributed by atoms with Gasteiger partial charge in [0.2, 0.25) is 0 Å². The molecule has 1 unspecified atom stereocenters. The van der Waals surface area contributed by atoms with Crippen molar-refractivity contribution in [3.63, 3.8) is 0 Å². The Kier molecular flexibility index (Phi) is 2.69. The summed E-state index contributed by atoms with van der Waals surface area (Å²) in [6.07, 6.45) is 3.86. The van der Waals surface area contributed by atoms with Gasteiger partial charge in [0.15, 0.2) is 0 Å². The fraction of sp³-hybridized carbons (Fsp3) is 1.00. The summed E-state index contributed by atoms with van der Waals surface area (Å²) >= 11 is 0. The number of hydrogen-bond donors (Lipinski definition) is 0. The molecule has 2 heteroatoms. The molecule has 0 N–H and O–H groups in total. The largest absolute Gasteiger partial charge is 0.785 e. The van der Waals surface area contributed by atoms with Crippen LogP contribution in [0.25, 0.3) is 0 Å². The van der Waals surface area contributed by atoms with Gasteiger partial charge in [-0.25, -0.2) is 0 Å². The molecular weight excluding hydrogens is 126 g/mol. The van der Waals surface area contributed by atoms with Crippen LogP contribution in [0.5, 0.6) is 0 Å². The first-order valence-corrected chi connectivity index (χ1v) is 4.08. The van der Waals surface area contributed by atoms with Crippen LogP contribution in [0.3, 0.4) is 0 Å². The highest BCUT2D eigenvalue weighted by atomic mass is 16.5. The van der Waals surface area contributed by atoms with Crippen LogP contribution in [-0.4, -0.2) is 18.7 Å². The summed E-state index contributed by atoms with van der Waals surface area (Å²) in [5.41, 5.74) is 0. The second-order valence-corrected chi connectivity index (χ2v) is 3.45. The van der Waals surface area contributed by atoms with E-state index in [0.717, 1.165) is 23.3 Å². The molecule has 1 aliphatic carbocycles. The van der Waals surface area contributed by atoms with Crippen LogP contribution >= 0.6 is 0 Å². The van der Waals surface area contributed by atoms with Crippen molar-refractivity contribution in [1.82, 2.24) is 5.06 Å². The lowest BCUT2D eigenvalue weighted by molar-refractivity contribution is 0.371. The molecule has 0 heterocycles. The Balaban J connectivity index is 2.00. The number of hydrogen-bond acceptors (Lipinski definition) is 2. The number of rotatable bonds is 4. The predicted molar refractivity (Wildman–Crippen MR) is 42.5 cm³/mol. The van der Waals surface area contributed by atoms with Crippen molar-refractivity contribution in [2.45, 2.75) is 26.2 Å². The van der Waals surface area contributed by atoms with E-state index in [0.29, 0.717) is 6.54 Å². The van der Waals surface area contributed by atoms with Crippen molar-refractivity contribution in [2.75, 3.05) is 13.6 Å². The Morgan fingerprint density at radius 3 is 2.60 bits per heavy atom. The molecule has 0 saturated heterocycles. The van der Waals surface area contributed by atoms with E-state index in [9.17, 15) is 5.21 Å². The molecule has 1 atom stereocenters. The highest BCUT2D eigenvalue weighted by molar-refractivity contribution is 4.78. The summed E-state index contributed by atoms with van der Waals surface area (Å²) in [6, 6.07) is 0. The van der Waals surface area contributed by atoms with E-state index in [1.165, 1.54) is 12.8 Å². The Labute approximate surface area is 62.8 Å². The number of nitrogens with zero attached hydrogens (tertiary/aromatic N) is 1. The maximum absolute atomic E-state index is 10.5. The van der Waals surface area contributed by atoms with E-state index in [2.05, 4.69) is 6.92 Å². The third-order valence-electron chi connectivity index (χ3n) is 2.33. The van der Waals surface area contributed by atoms with Crippen molar-refractivity contribution in [2.24, 2.45) is 11.8 Å². The molecule has 0 spiro atoms. The first kappa shape index (κ1) is 8.02. The molecule has 10 heavy (non-hydrogen) atoms. The Hall–Kier alpha value is -0.0800. The van der Waals surface area contributed by atoms with Crippen LogP contribution in [0, 0.1) is 17.0 Å². The average Bonchev–Trinajstić information content (AvgIpc) is 2.63. The van der Waals surface area contributed by atoms with Crippen LogP contribution < -0.4 is 0 Å². The van der Waals surface area contributed by atoms with Crippen LogP contribution in [0.1, 0.15) is 26.2 Å². The molecule has 1 rings (SSSR count). The maximum Gasteiger partial charge on any atom is -0.0144 e. The lowest BCUT2D eigenvalue weighted by Crippen LogP contribution is -2.14. The smallest absolute Gasteiger partial charge is 0.0144 e. The van der Waals surface area contributed by atoms with Gasteiger partial charge in [0.1, 0.15) is 0 Å². The molecular formula is C8H16NO-. The van der Waals surface area contributed by atoms with Gasteiger partial charge in [0, 0.05) is 0 Å². The topological polar surface area (TPSA) is 26.3 Å². The minimum absolute atomic E-state index is 0.706. The van der Waals surface area contributed by atoms with Gasteiger partial charge in [-0.3, -0.25) is 0 Å². The molecule has 2 nitrogen and oxygen atoms in total. The van der Waals surface area contributed by atoms with E-state index in [1.54, 1.807) is 7.05 Å². The molecule has 0 amide bonds. The predicted octanol–water partition coefficient (Wildman–Crippen LogP) is 1.85. The van der Waals surface area contributed by atoms with Gasteiger partial charge in [0.05, 0.1) is 0 Å². The Morgan fingerprint density at radius 2 is 2.20 bits per heavy atom. The Bertz CT molecular complexity index is 99.4. The quantitative estimate of drug-likeness (QED) is 0.560. The standard InChI is InChI=1S/C8H16NO/c1-7(8-3-4-8)5-6-9(2)10/h7-8H,3-6H2,1-2H3/q-1. The maximum atomic E-state index is 10.5. The molecule has 0 bridgehead atoms. The van der Waals surface area contributed by atoms with Gasteiger partial charge in [-0.05, 0) is 44.7 Å². The summed E-state index contributed by atoms with van der Waals surface area (Å²) < 4.78 is 0. The fourth-order valence-electron chi connectivity index (χ4n) is 1.29. The summed E-state index contributed by atoms with van der Waals surface area (Å²) in [4.78, 5) is 0. The van der Waals surface area contributed by atoms with Crippen LogP contribution in [0.2, 0.25) is 0 Å². The second-order valence-electron chi connectivity index (χ2n) is 3.45. The molecule has 1 aliphatic rings. The van der Waals surface area contributed by atoms with E-state index in [1.807, 2.05) is 0 Å². The second kappa shape index (κ2) is 3.35. The normalized spacial score (nSPS) is 21.6. The SMILES string of the molecule is CC(CCN(C)[O-])C1CC1. The fourth-order valence-corrected chi connectivity index (χ4v) is 1.29. The number of hydroxylamine groups is 2. The zero-order valence-electron chi connectivity index (χ0n) is 6.84. The highest BCUT2D eigenvalue weighted by Gasteiger charge is 2.26. The third-order valence-corrected chi connectivity index (χ3v) is 2.33. The van der Waals surface area contributed by atoms with Crippen LogP contribution in [0.15, 0.2) is 0 Å². The molecule has 1 fully saturated rings. The molecule has 0 aromatic carbocycles. The van der Waals surface area contributed by atoms with Crippen LogP contribution in [0.4, 0.5) is 0 Å².